The molecule has 2 fully saturated rings. The normalized spacial score (nSPS) is 15.4. The van der Waals surface area contributed by atoms with Gasteiger partial charge in [0.25, 0.3) is 5.91 Å². The van der Waals surface area contributed by atoms with Gasteiger partial charge in [0.15, 0.2) is 5.82 Å². The van der Waals surface area contributed by atoms with Crippen LogP contribution in [-0.4, -0.2) is 30.6 Å². The molecule has 2 saturated carbocycles. The van der Waals surface area contributed by atoms with E-state index in [1.165, 1.54) is 12.8 Å². The number of nitrogens with one attached hydrogen (secondary N) is 1. The summed E-state index contributed by atoms with van der Waals surface area (Å²) in [6.45, 7) is 1.90. The molecule has 4 aromatic rings. The molecule has 3 heterocycles. The van der Waals surface area contributed by atoms with Gasteiger partial charge in [-0.3, -0.25) is 9.78 Å². The fourth-order valence-electron chi connectivity index (χ4n) is 4.15. The highest BCUT2D eigenvalue weighted by Crippen LogP contribution is 2.39. The van der Waals surface area contributed by atoms with Gasteiger partial charge in [-0.25, -0.2) is 4.98 Å². The van der Waals surface area contributed by atoms with E-state index in [1.54, 1.807) is 6.33 Å². The lowest BCUT2D eigenvalue weighted by Gasteiger charge is -2.10. The van der Waals surface area contributed by atoms with Gasteiger partial charge in [-0.1, -0.05) is 18.2 Å². The third-order valence-corrected chi connectivity index (χ3v) is 6.19. The van der Waals surface area contributed by atoms with Crippen molar-refractivity contribution in [3.63, 3.8) is 0 Å². The summed E-state index contributed by atoms with van der Waals surface area (Å²) in [5, 5.41) is 11.3. The zero-order valence-corrected chi connectivity index (χ0v) is 18.4. The van der Waals surface area contributed by atoms with Crippen LogP contribution in [0.4, 0.5) is 5.69 Å². The first-order chi connectivity index (χ1) is 16.1. The summed E-state index contributed by atoms with van der Waals surface area (Å²) >= 11 is 0. The number of carbonyl (C=O) groups is 1. The topological polar surface area (TPSA) is 85.6 Å². The zero-order chi connectivity index (χ0) is 22.4. The maximum atomic E-state index is 13.1. The van der Waals surface area contributed by atoms with Crippen LogP contribution in [-0.2, 0) is 0 Å². The van der Waals surface area contributed by atoms with Crippen LogP contribution in [0.1, 0.15) is 59.5 Å². The van der Waals surface area contributed by atoms with Gasteiger partial charge in [0.1, 0.15) is 12.0 Å². The number of aromatic nitrogens is 5. The number of amides is 1. The van der Waals surface area contributed by atoms with E-state index >= 15 is 0 Å². The summed E-state index contributed by atoms with van der Waals surface area (Å²) < 4.78 is 2.11. The maximum absolute atomic E-state index is 13.1. The largest absolute Gasteiger partial charge is 0.321 e. The Balaban J connectivity index is 1.24. The summed E-state index contributed by atoms with van der Waals surface area (Å²) in [7, 11) is 0. The summed E-state index contributed by atoms with van der Waals surface area (Å²) in [5.74, 6) is 1.20. The third-order valence-electron chi connectivity index (χ3n) is 6.19. The van der Waals surface area contributed by atoms with Crippen LogP contribution in [0.3, 0.4) is 0 Å². The second-order valence-corrected chi connectivity index (χ2v) is 8.96. The van der Waals surface area contributed by atoms with Crippen LogP contribution in [0.2, 0.25) is 0 Å². The van der Waals surface area contributed by atoms with Crippen LogP contribution in [0, 0.1) is 6.92 Å². The molecule has 1 N–H and O–H groups in total. The summed E-state index contributed by atoms with van der Waals surface area (Å²) in [6, 6.07) is 16.2. The summed E-state index contributed by atoms with van der Waals surface area (Å²) in [5.41, 5.74) is 5.87. The first-order valence-electron chi connectivity index (χ1n) is 11.4. The predicted molar refractivity (Wildman–Crippen MR) is 126 cm³/mol. The van der Waals surface area contributed by atoms with Gasteiger partial charge in [0, 0.05) is 46.4 Å². The van der Waals surface area contributed by atoms with Crippen molar-refractivity contribution in [2.75, 3.05) is 5.32 Å². The molecule has 1 amide bonds. The minimum absolute atomic E-state index is 0.247. The van der Waals surface area contributed by atoms with Crippen LogP contribution < -0.4 is 5.32 Å². The van der Waals surface area contributed by atoms with Crippen LogP contribution in [0.5, 0.6) is 0 Å². The molecule has 164 valence electrons. The average molecular weight is 437 g/mol. The van der Waals surface area contributed by atoms with Gasteiger partial charge in [0.05, 0.1) is 0 Å². The number of benzene rings is 1. The average Bonchev–Trinajstić information content (AvgIpc) is 3.77. The van der Waals surface area contributed by atoms with Gasteiger partial charge in [-0.2, -0.15) is 0 Å². The molecule has 6 rings (SSSR count). The molecule has 7 heteroatoms. The van der Waals surface area contributed by atoms with Crippen LogP contribution >= 0.6 is 0 Å². The van der Waals surface area contributed by atoms with Gasteiger partial charge in [-0.15, -0.1) is 10.2 Å². The maximum Gasteiger partial charge on any atom is 0.274 e. The SMILES string of the molecule is Cc1cc(-c2ccc(C3CC3)nc2)cc(C(=O)Nc2cccc(-c3nncn3C3CC3)c2)n1. The van der Waals surface area contributed by atoms with E-state index in [-0.39, 0.29) is 5.91 Å². The number of nitrogens with zero attached hydrogens (tertiary/aromatic N) is 5. The van der Waals surface area contributed by atoms with Gasteiger partial charge >= 0.3 is 0 Å². The van der Waals surface area contributed by atoms with Crippen LogP contribution in [0.15, 0.2) is 61.1 Å². The second-order valence-electron chi connectivity index (χ2n) is 8.96. The van der Waals surface area contributed by atoms with E-state index in [2.05, 4.69) is 42.2 Å². The molecule has 2 aliphatic rings. The Kier molecular flexibility index (Phi) is 4.75. The number of hydrogen-bond acceptors (Lipinski definition) is 5. The molecular formula is C26H24N6O. The number of anilines is 1. The lowest BCUT2D eigenvalue weighted by atomic mass is 10.1. The Morgan fingerprint density at radius 2 is 1.88 bits per heavy atom. The highest BCUT2D eigenvalue weighted by atomic mass is 16.1. The highest BCUT2D eigenvalue weighted by molar-refractivity contribution is 6.03. The van der Waals surface area contributed by atoms with Crippen molar-refractivity contribution in [1.82, 2.24) is 24.7 Å². The van der Waals surface area contributed by atoms with Crippen molar-refractivity contribution < 1.29 is 4.79 Å². The number of hydrogen-bond donors (Lipinski definition) is 1. The third kappa shape index (κ3) is 4.14. The van der Waals surface area contributed by atoms with E-state index < -0.39 is 0 Å². The fourth-order valence-corrected chi connectivity index (χ4v) is 4.15. The second kappa shape index (κ2) is 7.92. The van der Waals surface area contributed by atoms with Crippen molar-refractivity contribution in [3.05, 3.63) is 78.1 Å². The van der Waals surface area contributed by atoms with E-state index in [1.807, 2.05) is 49.5 Å². The number of rotatable bonds is 6. The standard InChI is InChI=1S/C26H24N6O/c1-16-11-20(19-7-10-23(27-14-19)17-5-6-17)13-24(29-16)26(33)30-21-4-2-3-18(12-21)25-31-28-15-32(25)22-8-9-22/h2-4,7,10-15,17,22H,5-6,8-9H2,1H3,(H,30,33). The lowest BCUT2D eigenvalue weighted by molar-refractivity contribution is 0.102. The molecule has 0 saturated heterocycles. The number of aryl methyl sites for hydroxylation is 1. The van der Waals surface area contributed by atoms with Crippen molar-refractivity contribution in [2.45, 2.75) is 44.6 Å². The van der Waals surface area contributed by atoms with Gasteiger partial charge in [0.2, 0.25) is 0 Å². The van der Waals surface area contributed by atoms with E-state index in [0.29, 0.717) is 23.3 Å². The van der Waals surface area contributed by atoms with E-state index in [0.717, 1.165) is 46.7 Å². The minimum atomic E-state index is -0.247. The molecule has 0 bridgehead atoms. The Labute approximate surface area is 191 Å². The fraction of sp³-hybridized carbons (Fsp3) is 0.269. The van der Waals surface area contributed by atoms with E-state index in [4.69, 9.17) is 0 Å². The summed E-state index contributed by atoms with van der Waals surface area (Å²) in [6.07, 6.45) is 8.44. The van der Waals surface area contributed by atoms with Crippen molar-refractivity contribution in [1.29, 1.82) is 0 Å². The Morgan fingerprint density at radius 3 is 2.64 bits per heavy atom. The molecule has 0 atom stereocenters. The Hall–Kier alpha value is -3.87. The van der Waals surface area contributed by atoms with Gasteiger partial charge in [-0.05, 0) is 68.5 Å². The molecule has 0 radical (unpaired) electrons. The molecule has 0 aliphatic heterocycles. The molecule has 7 nitrogen and oxygen atoms in total. The molecular weight excluding hydrogens is 412 g/mol. The molecule has 33 heavy (non-hydrogen) atoms. The predicted octanol–water partition coefficient (Wildman–Crippen LogP) is 5.18. The Morgan fingerprint density at radius 1 is 1.00 bits per heavy atom. The van der Waals surface area contributed by atoms with Gasteiger partial charge < -0.3 is 9.88 Å². The Bertz CT molecular complexity index is 1340. The van der Waals surface area contributed by atoms with Crippen molar-refractivity contribution in [2.24, 2.45) is 0 Å². The summed E-state index contributed by atoms with van der Waals surface area (Å²) in [4.78, 5) is 22.1. The molecule has 2 aliphatic carbocycles. The monoisotopic (exact) mass is 436 g/mol. The first kappa shape index (κ1) is 19.8. The molecule has 0 spiro atoms. The first-order valence-corrected chi connectivity index (χ1v) is 11.4. The number of pyridine rings is 2. The smallest absolute Gasteiger partial charge is 0.274 e. The van der Waals surface area contributed by atoms with E-state index in [9.17, 15) is 4.79 Å². The minimum Gasteiger partial charge on any atom is -0.321 e. The quantitative estimate of drug-likeness (QED) is 0.450. The van der Waals surface area contributed by atoms with Crippen LogP contribution in [0.25, 0.3) is 22.5 Å². The molecule has 0 unspecified atom stereocenters. The van der Waals surface area contributed by atoms with Crippen molar-refractivity contribution >= 4 is 11.6 Å². The van der Waals surface area contributed by atoms with Crippen molar-refractivity contribution in [3.8, 4) is 22.5 Å². The number of carbonyl (C=O) groups excluding carboxylic acids is 1. The zero-order valence-electron chi connectivity index (χ0n) is 18.4. The lowest BCUT2D eigenvalue weighted by Crippen LogP contribution is -2.14. The highest BCUT2D eigenvalue weighted by Gasteiger charge is 2.27. The molecule has 1 aromatic carbocycles. The molecule has 3 aromatic heterocycles.